The fourth-order valence-electron chi connectivity index (χ4n) is 6.07. The molecule has 10 heteroatoms. The molecule has 0 heterocycles. The Balaban J connectivity index is 4.27. The molecule has 320 valence electrons. The van der Waals surface area contributed by atoms with Crippen molar-refractivity contribution >= 4 is 13.8 Å². The second kappa shape index (κ2) is 37.5. The third-order valence-corrected chi connectivity index (χ3v) is 10.6. The van der Waals surface area contributed by atoms with Gasteiger partial charge in [0.2, 0.25) is 0 Å². The van der Waals surface area contributed by atoms with Crippen LogP contribution in [0.3, 0.4) is 0 Å². The molecule has 1 N–H and O–H groups in total. The molecule has 0 aromatic heterocycles. The second-order valence-electron chi connectivity index (χ2n) is 16.3. The van der Waals surface area contributed by atoms with Gasteiger partial charge >= 0.3 is 5.97 Å². The zero-order valence-electron chi connectivity index (χ0n) is 35.8. The first kappa shape index (κ1) is 52.9. The van der Waals surface area contributed by atoms with Crippen molar-refractivity contribution in [3.05, 3.63) is 24.3 Å². The second-order valence-corrected chi connectivity index (χ2v) is 17.7. The number of carbonyl (C=O) groups is 1. The van der Waals surface area contributed by atoms with Crippen LogP contribution in [-0.2, 0) is 27.9 Å². The SMILES string of the molecule is CCCCCCCCCCCCCCCCCC(=O)OC[C@H](COP(=O)([O-])OCC[N+](C)(C)C)OCCCCCCCC/C=C\C=C\C(O)CCCCC. The van der Waals surface area contributed by atoms with E-state index in [1.165, 1.54) is 89.9 Å². The number of aliphatic hydroxyl groups excluding tert-OH is 1. The standard InChI is InChI=1S/C44H86NO8P/c1-6-8-10-11-12-13-14-15-16-17-18-22-25-28-32-36-44(47)51-40-43(41-53-54(48,49)52-39-37-45(3,4)5)50-38-33-29-26-23-20-19-21-24-27-31-35-42(46)34-30-9-7-2/h24,27,31,35,42-43,46H,6-23,25-26,28-30,32-34,36-41H2,1-5H3/b27-24-,35-31+/t42?,43-/m1/s1. The Morgan fingerprint density at radius 1 is 0.667 bits per heavy atom. The molecule has 0 spiro atoms. The van der Waals surface area contributed by atoms with E-state index < -0.39 is 13.9 Å². The topological polar surface area (TPSA) is 114 Å². The van der Waals surface area contributed by atoms with E-state index in [4.69, 9.17) is 18.5 Å². The summed E-state index contributed by atoms with van der Waals surface area (Å²) in [5.74, 6) is -0.284. The number of rotatable bonds is 41. The summed E-state index contributed by atoms with van der Waals surface area (Å²) in [6, 6.07) is 0. The molecule has 0 amide bonds. The number of phosphoric ester groups is 1. The lowest BCUT2D eigenvalue weighted by atomic mass is 10.0. The number of unbranched alkanes of at least 4 members (excludes halogenated alkanes) is 22. The molecule has 9 nitrogen and oxygen atoms in total. The zero-order valence-corrected chi connectivity index (χ0v) is 36.7. The van der Waals surface area contributed by atoms with Crippen molar-refractivity contribution in [2.24, 2.45) is 0 Å². The van der Waals surface area contributed by atoms with Crippen LogP contribution in [0.1, 0.15) is 187 Å². The highest BCUT2D eigenvalue weighted by molar-refractivity contribution is 7.45. The van der Waals surface area contributed by atoms with E-state index in [-0.39, 0.29) is 31.9 Å². The van der Waals surface area contributed by atoms with Gasteiger partial charge in [-0.25, -0.2) is 0 Å². The molecule has 0 fully saturated rings. The van der Waals surface area contributed by atoms with Crippen molar-refractivity contribution in [3.8, 4) is 0 Å². The molecule has 0 aliphatic carbocycles. The number of nitrogens with zero attached hydrogens (tertiary/aromatic N) is 1. The Hall–Kier alpha value is -1.06. The predicted octanol–water partition coefficient (Wildman–Crippen LogP) is 11.2. The normalized spacial score (nSPS) is 14.6. The van der Waals surface area contributed by atoms with E-state index in [0.29, 0.717) is 24.1 Å². The molecule has 0 radical (unpaired) electrons. The Morgan fingerprint density at radius 2 is 1.19 bits per heavy atom. The monoisotopic (exact) mass is 788 g/mol. The minimum absolute atomic E-state index is 0.0285. The summed E-state index contributed by atoms with van der Waals surface area (Å²) in [4.78, 5) is 24.9. The van der Waals surface area contributed by atoms with Gasteiger partial charge < -0.3 is 33.0 Å². The summed E-state index contributed by atoms with van der Waals surface area (Å²) < 4.78 is 34.6. The molecule has 0 aliphatic rings. The quantitative estimate of drug-likeness (QED) is 0.0214. The highest BCUT2D eigenvalue weighted by Gasteiger charge is 2.19. The smallest absolute Gasteiger partial charge is 0.305 e. The summed E-state index contributed by atoms with van der Waals surface area (Å²) >= 11 is 0. The minimum Gasteiger partial charge on any atom is -0.756 e. The van der Waals surface area contributed by atoms with Gasteiger partial charge in [0.25, 0.3) is 7.82 Å². The van der Waals surface area contributed by atoms with Crippen LogP contribution in [0, 0.1) is 0 Å². The van der Waals surface area contributed by atoms with Crippen LogP contribution in [0.5, 0.6) is 0 Å². The van der Waals surface area contributed by atoms with Crippen molar-refractivity contribution in [2.75, 3.05) is 54.1 Å². The minimum atomic E-state index is -4.51. The predicted molar refractivity (Wildman–Crippen MR) is 223 cm³/mol. The average Bonchev–Trinajstić information content (AvgIpc) is 3.12. The van der Waals surface area contributed by atoms with Crippen molar-refractivity contribution in [1.29, 1.82) is 0 Å². The summed E-state index contributed by atoms with van der Waals surface area (Å²) in [5, 5.41) is 9.94. The Kier molecular flexibility index (Phi) is 36.8. The first-order valence-electron chi connectivity index (χ1n) is 22.2. The third-order valence-electron chi connectivity index (χ3n) is 9.65. The summed E-state index contributed by atoms with van der Waals surface area (Å²) in [7, 11) is 1.36. The first-order chi connectivity index (χ1) is 26.0. The van der Waals surface area contributed by atoms with Crippen molar-refractivity contribution in [1.82, 2.24) is 0 Å². The molecule has 0 saturated carbocycles. The van der Waals surface area contributed by atoms with E-state index in [1.807, 2.05) is 39.4 Å². The first-order valence-corrected chi connectivity index (χ1v) is 23.6. The number of ether oxygens (including phenoxy) is 2. The molecular weight excluding hydrogens is 701 g/mol. The fraction of sp³-hybridized carbons (Fsp3) is 0.886. The third kappa shape index (κ3) is 40.6. The highest BCUT2D eigenvalue weighted by Crippen LogP contribution is 2.38. The van der Waals surface area contributed by atoms with Gasteiger partial charge in [-0.1, -0.05) is 173 Å². The Bertz CT molecular complexity index is 938. The van der Waals surface area contributed by atoms with Gasteiger partial charge in [-0.05, 0) is 32.1 Å². The summed E-state index contributed by atoms with van der Waals surface area (Å²) in [5.41, 5.74) is 0. The van der Waals surface area contributed by atoms with Gasteiger partial charge in [-0.3, -0.25) is 9.36 Å². The van der Waals surface area contributed by atoms with Crippen LogP contribution in [-0.4, -0.2) is 81.9 Å². The van der Waals surface area contributed by atoms with Gasteiger partial charge in [0, 0.05) is 13.0 Å². The largest absolute Gasteiger partial charge is 0.756 e. The maximum atomic E-state index is 12.5. The van der Waals surface area contributed by atoms with Crippen LogP contribution in [0.2, 0.25) is 0 Å². The number of likely N-dealkylation sites (N-methyl/N-ethyl adjacent to an activating group) is 1. The van der Waals surface area contributed by atoms with Gasteiger partial charge in [0.15, 0.2) is 0 Å². The lowest BCUT2D eigenvalue weighted by Gasteiger charge is -2.28. The van der Waals surface area contributed by atoms with E-state index >= 15 is 0 Å². The number of quaternary nitrogens is 1. The average molecular weight is 788 g/mol. The number of phosphoric acid groups is 1. The zero-order chi connectivity index (χ0) is 40.0. The molecule has 54 heavy (non-hydrogen) atoms. The van der Waals surface area contributed by atoms with E-state index in [9.17, 15) is 19.4 Å². The number of carbonyl (C=O) groups excluding carboxylic acids is 1. The molecule has 0 rings (SSSR count). The van der Waals surface area contributed by atoms with Crippen LogP contribution in [0.4, 0.5) is 0 Å². The summed E-state index contributed by atoms with van der Waals surface area (Å²) in [6.45, 7) is 5.12. The Labute approximate surface area is 333 Å². The van der Waals surface area contributed by atoms with Crippen LogP contribution in [0.25, 0.3) is 0 Å². The maximum Gasteiger partial charge on any atom is 0.305 e. The molecule has 0 aromatic carbocycles. The molecule has 0 aliphatic heterocycles. The van der Waals surface area contributed by atoms with E-state index in [0.717, 1.165) is 77.0 Å². The van der Waals surface area contributed by atoms with Gasteiger partial charge in [-0.2, -0.15) is 0 Å². The fourth-order valence-corrected chi connectivity index (χ4v) is 6.80. The van der Waals surface area contributed by atoms with E-state index in [1.54, 1.807) is 0 Å². The number of allylic oxidation sites excluding steroid dienone is 3. The molecule has 0 saturated heterocycles. The molecule has 3 atom stereocenters. The maximum absolute atomic E-state index is 12.5. The van der Waals surface area contributed by atoms with E-state index in [2.05, 4.69) is 19.9 Å². The number of aliphatic hydroxyl groups is 1. The lowest BCUT2D eigenvalue weighted by Crippen LogP contribution is -2.37. The number of hydrogen-bond acceptors (Lipinski definition) is 8. The summed E-state index contributed by atoms with van der Waals surface area (Å²) in [6.07, 6.45) is 38.1. The van der Waals surface area contributed by atoms with Crippen molar-refractivity contribution in [3.63, 3.8) is 0 Å². The highest BCUT2D eigenvalue weighted by atomic mass is 31.2. The molecule has 2 unspecified atom stereocenters. The van der Waals surface area contributed by atoms with Crippen LogP contribution >= 0.6 is 7.82 Å². The van der Waals surface area contributed by atoms with Crippen LogP contribution in [0.15, 0.2) is 24.3 Å². The number of esters is 1. The number of hydrogen-bond donors (Lipinski definition) is 1. The molecule has 0 bridgehead atoms. The Morgan fingerprint density at radius 3 is 1.76 bits per heavy atom. The van der Waals surface area contributed by atoms with Crippen LogP contribution < -0.4 is 4.89 Å². The molecule has 0 aromatic rings. The van der Waals surface area contributed by atoms with Gasteiger partial charge in [0.1, 0.15) is 25.9 Å². The van der Waals surface area contributed by atoms with Gasteiger partial charge in [0.05, 0.1) is 33.9 Å². The van der Waals surface area contributed by atoms with Crippen molar-refractivity contribution < 1.29 is 42.4 Å². The van der Waals surface area contributed by atoms with Crippen molar-refractivity contribution in [2.45, 2.75) is 199 Å². The molecular formula is C44H86NO8P. The lowest BCUT2D eigenvalue weighted by molar-refractivity contribution is -0.870. The van der Waals surface area contributed by atoms with Gasteiger partial charge in [-0.15, -0.1) is 0 Å².